The van der Waals surface area contributed by atoms with Crippen molar-refractivity contribution in [2.75, 3.05) is 11.9 Å². The molecule has 2 saturated carbocycles. The van der Waals surface area contributed by atoms with Gasteiger partial charge in [0, 0.05) is 11.7 Å². The molecule has 1 aromatic rings. The lowest BCUT2D eigenvalue weighted by Crippen LogP contribution is -2.45. The third-order valence-electron chi connectivity index (χ3n) is 4.98. The van der Waals surface area contributed by atoms with Gasteiger partial charge in [0.2, 0.25) is 11.8 Å². The normalized spacial score (nSPS) is 19.4. The summed E-state index contributed by atoms with van der Waals surface area (Å²) in [6.07, 6.45) is 6.90. The van der Waals surface area contributed by atoms with Gasteiger partial charge in [0.15, 0.2) is 0 Å². The number of anilines is 1. The Balaban J connectivity index is 1.57. The number of carbonyl (C=O) groups excluding carboxylic acids is 2. The van der Waals surface area contributed by atoms with E-state index in [4.69, 9.17) is 4.74 Å². The SMILES string of the molecule is CCOc1ccc(NC(=O)C2(C(=O)NC3CCCCC3)CC2)cc1. The molecule has 2 aliphatic carbocycles. The molecule has 3 rings (SSSR count). The molecule has 5 heteroatoms. The highest BCUT2D eigenvalue weighted by Crippen LogP contribution is 2.47. The van der Waals surface area contributed by atoms with E-state index >= 15 is 0 Å². The third kappa shape index (κ3) is 3.71. The number of hydrogen-bond donors (Lipinski definition) is 2. The van der Waals surface area contributed by atoms with Crippen molar-refractivity contribution >= 4 is 17.5 Å². The maximum atomic E-state index is 12.6. The Labute approximate surface area is 143 Å². The van der Waals surface area contributed by atoms with Gasteiger partial charge in [0.05, 0.1) is 6.61 Å². The van der Waals surface area contributed by atoms with Crippen LogP contribution in [0.25, 0.3) is 0 Å². The van der Waals surface area contributed by atoms with Crippen LogP contribution >= 0.6 is 0 Å². The number of ether oxygens (including phenoxy) is 1. The first-order valence-corrected chi connectivity index (χ1v) is 8.99. The molecule has 1 aromatic carbocycles. The van der Waals surface area contributed by atoms with E-state index in [0.717, 1.165) is 31.4 Å². The molecule has 0 spiro atoms. The van der Waals surface area contributed by atoms with Crippen molar-refractivity contribution in [3.05, 3.63) is 24.3 Å². The fourth-order valence-corrected chi connectivity index (χ4v) is 3.30. The molecule has 0 aliphatic heterocycles. The van der Waals surface area contributed by atoms with E-state index in [1.165, 1.54) is 6.42 Å². The summed E-state index contributed by atoms with van der Waals surface area (Å²) in [6.45, 7) is 2.54. The minimum absolute atomic E-state index is 0.0992. The number of hydrogen-bond acceptors (Lipinski definition) is 3. The summed E-state index contributed by atoms with van der Waals surface area (Å²) >= 11 is 0. The van der Waals surface area contributed by atoms with Gasteiger partial charge >= 0.3 is 0 Å². The molecule has 2 aliphatic rings. The molecule has 0 unspecified atom stereocenters. The van der Waals surface area contributed by atoms with Crippen molar-refractivity contribution in [1.82, 2.24) is 5.32 Å². The molecule has 0 saturated heterocycles. The highest BCUT2D eigenvalue weighted by Gasteiger charge is 2.56. The Morgan fingerprint density at radius 3 is 2.33 bits per heavy atom. The second kappa shape index (κ2) is 7.24. The van der Waals surface area contributed by atoms with Gasteiger partial charge in [-0.25, -0.2) is 0 Å². The van der Waals surface area contributed by atoms with Gasteiger partial charge in [-0.05, 0) is 56.9 Å². The van der Waals surface area contributed by atoms with E-state index in [1.54, 1.807) is 12.1 Å². The number of amides is 2. The second-order valence-electron chi connectivity index (χ2n) is 6.80. The van der Waals surface area contributed by atoms with Gasteiger partial charge in [-0.2, -0.15) is 0 Å². The summed E-state index contributed by atoms with van der Waals surface area (Å²) in [4.78, 5) is 25.2. The van der Waals surface area contributed by atoms with Crippen molar-refractivity contribution in [1.29, 1.82) is 0 Å². The Bertz CT molecular complexity index is 587. The molecule has 0 heterocycles. The predicted molar refractivity (Wildman–Crippen MR) is 92.9 cm³/mol. The summed E-state index contributed by atoms with van der Waals surface area (Å²) in [6, 6.07) is 7.49. The van der Waals surface area contributed by atoms with Crippen LogP contribution in [0, 0.1) is 5.41 Å². The molecule has 2 amide bonds. The van der Waals surface area contributed by atoms with Crippen LogP contribution in [-0.2, 0) is 9.59 Å². The molecule has 2 N–H and O–H groups in total. The van der Waals surface area contributed by atoms with E-state index in [0.29, 0.717) is 25.1 Å². The Kier molecular flexibility index (Phi) is 5.07. The maximum absolute atomic E-state index is 12.6. The Hall–Kier alpha value is -2.04. The van der Waals surface area contributed by atoms with Crippen molar-refractivity contribution in [2.45, 2.75) is 57.9 Å². The molecule has 130 valence electrons. The number of benzene rings is 1. The first-order valence-electron chi connectivity index (χ1n) is 8.99. The van der Waals surface area contributed by atoms with Gasteiger partial charge in [-0.1, -0.05) is 19.3 Å². The molecule has 5 nitrogen and oxygen atoms in total. The van der Waals surface area contributed by atoms with Gasteiger partial charge in [0.1, 0.15) is 11.2 Å². The highest BCUT2D eigenvalue weighted by molar-refractivity contribution is 6.13. The van der Waals surface area contributed by atoms with Crippen LogP contribution < -0.4 is 15.4 Å². The first-order chi connectivity index (χ1) is 11.6. The highest BCUT2D eigenvalue weighted by atomic mass is 16.5. The third-order valence-corrected chi connectivity index (χ3v) is 4.98. The standard InChI is InChI=1S/C19H26N2O3/c1-2-24-16-10-8-15(9-11-16)21-18(23)19(12-13-19)17(22)20-14-6-4-3-5-7-14/h8-11,14H,2-7,12-13H2,1H3,(H,20,22)(H,21,23). The Morgan fingerprint density at radius 2 is 1.75 bits per heavy atom. The van der Waals surface area contributed by atoms with Crippen molar-refractivity contribution in [3.8, 4) is 5.75 Å². The summed E-state index contributed by atoms with van der Waals surface area (Å²) in [5, 5.41) is 5.97. The summed E-state index contributed by atoms with van der Waals surface area (Å²) in [5.41, 5.74) is -0.170. The van der Waals surface area contributed by atoms with E-state index in [-0.39, 0.29) is 17.9 Å². The van der Waals surface area contributed by atoms with Crippen LogP contribution in [0.2, 0.25) is 0 Å². The zero-order valence-corrected chi connectivity index (χ0v) is 14.3. The topological polar surface area (TPSA) is 67.4 Å². The number of nitrogens with one attached hydrogen (secondary N) is 2. The monoisotopic (exact) mass is 330 g/mol. The zero-order chi connectivity index (χ0) is 17.0. The smallest absolute Gasteiger partial charge is 0.240 e. The van der Waals surface area contributed by atoms with Gasteiger partial charge in [-0.15, -0.1) is 0 Å². The molecule has 0 radical (unpaired) electrons. The zero-order valence-electron chi connectivity index (χ0n) is 14.3. The average molecular weight is 330 g/mol. The minimum Gasteiger partial charge on any atom is -0.494 e. The van der Waals surface area contributed by atoms with Crippen LogP contribution in [0.1, 0.15) is 51.9 Å². The maximum Gasteiger partial charge on any atom is 0.240 e. The van der Waals surface area contributed by atoms with E-state index in [1.807, 2.05) is 19.1 Å². The summed E-state index contributed by atoms with van der Waals surface area (Å²) in [7, 11) is 0. The number of carbonyl (C=O) groups is 2. The van der Waals surface area contributed by atoms with Crippen LogP contribution in [0.5, 0.6) is 5.75 Å². The van der Waals surface area contributed by atoms with Gasteiger partial charge in [0.25, 0.3) is 0 Å². The summed E-state index contributed by atoms with van der Waals surface area (Å²) < 4.78 is 5.39. The minimum atomic E-state index is -0.865. The van der Waals surface area contributed by atoms with Crippen molar-refractivity contribution in [3.63, 3.8) is 0 Å². The van der Waals surface area contributed by atoms with Crippen LogP contribution in [-0.4, -0.2) is 24.5 Å². The molecule has 24 heavy (non-hydrogen) atoms. The molecule has 0 aromatic heterocycles. The largest absolute Gasteiger partial charge is 0.494 e. The Morgan fingerprint density at radius 1 is 1.08 bits per heavy atom. The van der Waals surface area contributed by atoms with Crippen molar-refractivity contribution < 1.29 is 14.3 Å². The first kappa shape index (κ1) is 16.8. The number of rotatable bonds is 6. The van der Waals surface area contributed by atoms with Crippen LogP contribution in [0.4, 0.5) is 5.69 Å². The quantitative estimate of drug-likeness (QED) is 0.787. The molecule has 0 atom stereocenters. The summed E-state index contributed by atoms with van der Waals surface area (Å²) in [5.74, 6) is 0.476. The molecular formula is C19H26N2O3. The van der Waals surface area contributed by atoms with E-state index < -0.39 is 5.41 Å². The van der Waals surface area contributed by atoms with Crippen LogP contribution in [0.15, 0.2) is 24.3 Å². The predicted octanol–water partition coefficient (Wildman–Crippen LogP) is 3.25. The fraction of sp³-hybridized carbons (Fsp3) is 0.579. The van der Waals surface area contributed by atoms with Gasteiger partial charge < -0.3 is 15.4 Å². The molecular weight excluding hydrogens is 304 g/mol. The molecule has 0 bridgehead atoms. The lowest BCUT2D eigenvalue weighted by Gasteiger charge is -2.25. The van der Waals surface area contributed by atoms with Gasteiger partial charge in [-0.3, -0.25) is 9.59 Å². The second-order valence-corrected chi connectivity index (χ2v) is 6.80. The average Bonchev–Trinajstić information content (AvgIpc) is 3.40. The van der Waals surface area contributed by atoms with E-state index in [2.05, 4.69) is 10.6 Å². The van der Waals surface area contributed by atoms with E-state index in [9.17, 15) is 9.59 Å². The fourth-order valence-electron chi connectivity index (χ4n) is 3.30. The molecule has 2 fully saturated rings. The van der Waals surface area contributed by atoms with Crippen molar-refractivity contribution in [2.24, 2.45) is 5.41 Å². The lowest BCUT2D eigenvalue weighted by atomic mass is 9.94. The lowest BCUT2D eigenvalue weighted by molar-refractivity contribution is -0.135. The van der Waals surface area contributed by atoms with Crippen LogP contribution in [0.3, 0.4) is 0 Å².